The van der Waals surface area contributed by atoms with Crippen LogP contribution in [0, 0.1) is 5.92 Å². The van der Waals surface area contributed by atoms with E-state index in [0.717, 1.165) is 4.90 Å². The van der Waals surface area contributed by atoms with Gasteiger partial charge in [-0.2, -0.15) is 13.2 Å². The second-order valence-electron chi connectivity index (χ2n) is 7.17. The number of halogens is 4. The molecule has 3 rings (SSSR count). The van der Waals surface area contributed by atoms with Gasteiger partial charge in [0.2, 0.25) is 0 Å². The lowest BCUT2D eigenvalue weighted by atomic mass is 9.98. The van der Waals surface area contributed by atoms with E-state index in [0.29, 0.717) is 33.4 Å². The van der Waals surface area contributed by atoms with Gasteiger partial charge >= 0.3 is 12.1 Å². The number of carbonyl (C=O) groups excluding carboxylic acids is 2. The normalized spacial score (nSPS) is 14.1. The zero-order valence-electron chi connectivity index (χ0n) is 15.9. The molecule has 0 bridgehead atoms. The van der Waals surface area contributed by atoms with E-state index >= 15 is 0 Å². The predicted molar refractivity (Wildman–Crippen MR) is 101 cm³/mol. The molecule has 2 aromatic rings. The van der Waals surface area contributed by atoms with Crippen molar-refractivity contribution in [3.63, 3.8) is 0 Å². The first-order valence-electron chi connectivity index (χ1n) is 9.10. The minimum Gasteiger partial charge on any atom is -0.330 e. The molecular weight excluding hydrogens is 407 g/mol. The molecule has 0 saturated carbocycles. The van der Waals surface area contributed by atoms with E-state index < -0.39 is 12.1 Å². The second kappa shape index (κ2) is 8.10. The maximum absolute atomic E-state index is 12.9. The maximum atomic E-state index is 12.9. The van der Waals surface area contributed by atoms with Crippen LogP contribution < -0.4 is 0 Å². The van der Waals surface area contributed by atoms with Crippen LogP contribution in [0.3, 0.4) is 0 Å². The van der Waals surface area contributed by atoms with Crippen molar-refractivity contribution in [2.45, 2.75) is 39.4 Å². The van der Waals surface area contributed by atoms with Gasteiger partial charge in [0, 0.05) is 41.6 Å². The second-order valence-corrected chi connectivity index (χ2v) is 7.57. The van der Waals surface area contributed by atoms with E-state index in [-0.39, 0.29) is 37.6 Å². The number of Topliss-reactive ketones (excluding diaryl/α,β-unsaturated/α-hetero) is 1. The van der Waals surface area contributed by atoms with Gasteiger partial charge in [0.1, 0.15) is 11.6 Å². The quantitative estimate of drug-likeness (QED) is 0.742. The number of aromatic nitrogens is 2. The van der Waals surface area contributed by atoms with Crippen molar-refractivity contribution in [1.29, 1.82) is 0 Å². The van der Waals surface area contributed by atoms with Crippen LogP contribution in [-0.4, -0.2) is 39.3 Å². The summed E-state index contributed by atoms with van der Waals surface area (Å²) in [6.07, 6.45) is -4.79. The van der Waals surface area contributed by atoms with Crippen LogP contribution in [-0.2, 0) is 29.0 Å². The van der Waals surface area contributed by atoms with E-state index in [1.807, 2.05) is 0 Å². The Morgan fingerprint density at radius 1 is 1.21 bits per heavy atom. The Hall–Kier alpha value is -2.48. The Morgan fingerprint density at radius 3 is 2.52 bits per heavy atom. The summed E-state index contributed by atoms with van der Waals surface area (Å²) in [5.74, 6) is -1.83. The van der Waals surface area contributed by atoms with Crippen molar-refractivity contribution in [2.24, 2.45) is 5.92 Å². The Morgan fingerprint density at radius 2 is 1.90 bits per heavy atom. The molecule has 1 aromatic carbocycles. The maximum Gasteiger partial charge on any atom is 0.471 e. The van der Waals surface area contributed by atoms with E-state index in [4.69, 9.17) is 11.6 Å². The van der Waals surface area contributed by atoms with E-state index in [1.54, 1.807) is 38.1 Å². The number of ketones is 1. The van der Waals surface area contributed by atoms with Crippen molar-refractivity contribution in [3.8, 4) is 11.3 Å². The molecule has 0 aliphatic carbocycles. The largest absolute Gasteiger partial charge is 0.471 e. The summed E-state index contributed by atoms with van der Waals surface area (Å²) in [6, 6.07) is 6.80. The lowest BCUT2D eigenvalue weighted by Crippen LogP contribution is -2.44. The van der Waals surface area contributed by atoms with Gasteiger partial charge in [-0.3, -0.25) is 9.59 Å². The van der Waals surface area contributed by atoms with Crippen LogP contribution >= 0.6 is 11.6 Å². The zero-order chi connectivity index (χ0) is 21.3. The topological polar surface area (TPSA) is 63.2 Å². The highest BCUT2D eigenvalue weighted by molar-refractivity contribution is 6.33. The number of hydrogen-bond donors (Lipinski definition) is 0. The van der Waals surface area contributed by atoms with Crippen LogP contribution in [0.25, 0.3) is 11.3 Å². The number of alkyl halides is 3. The minimum absolute atomic E-state index is 0.0214. The van der Waals surface area contributed by atoms with Crippen LogP contribution in [0.5, 0.6) is 0 Å². The van der Waals surface area contributed by atoms with Crippen LogP contribution in [0.2, 0.25) is 5.02 Å². The Labute approximate surface area is 170 Å². The molecule has 9 heteroatoms. The number of hydrogen-bond acceptors (Lipinski definition) is 4. The van der Waals surface area contributed by atoms with Crippen molar-refractivity contribution < 1.29 is 22.8 Å². The van der Waals surface area contributed by atoms with E-state index in [9.17, 15) is 22.8 Å². The fraction of sp³-hybridized carbons (Fsp3) is 0.400. The zero-order valence-corrected chi connectivity index (χ0v) is 16.6. The van der Waals surface area contributed by atoms with E-state index in [1.165, 1.54) is 0 Å². The number of benzene rings is 1. The predicted octanol–water partition coefficient (Wildman–Crippen LogP) is 4.01. The summed E-state index contributed by atoms with van der Waals surface area (Å²) in [5.41, 5.74) is 1.83. The van der Waals surface area contributed by atoms with Gasteiger partial charge in [0.15, 0.2) is 0 Å². The molecule has 0 atom stereocenters. The number of rotatable bonds is 4. The lowest BCUT2D eigenvalue weighted by molar-refractivity contribution is -0.186. The molecule has 1 aromatic heterocycles. The summed E-state index contributed by atoms with van der Waals surface area (Å²) in [4.78, 5) is 33.5. The van der Waals surface area contributed by atoms with E-state index in [2.05, 4.69) is 9.97 Å². The summed E-state index contributed by atoms with van der Waals surface area (Å²) < 4.78 is 38.7. The van der Waals surface area contributed by atoms with Crippen molar-refractivity contribution in [1.82, 2.24) is 14.9 Å². The molecule has 0 unspecified atom stereocenters. The Bertz CT molecular complexity index is 960. The summed E-state index contributed by atoms with van der Waals surface area (Å²) >= 11 is 6.29. The van der Waals surface area contributed by atoms with Gasteiger partial charge in [-0.25, -0.2) is 9.97 Å². The van der Waals surface area contributed by atoms with Gasteiger partial charge in [-0.1, -0.05) is 43.6 Å². The van der Waals surface area contributed by atoms with Gasteiger partial charge in [0.05, 0.1) is 17.8 Å². The molecule has 0 spiro atoms. The van der Waals surface area contributed by atoms with Gasteiger partial charge in [0.25, 0.3) is 0 Å². The Balaban J connectivity index is 2.08. The molecule has 5 nitrogen and oxygen atoms in total. The minimum atomic E-state index is -4.95. The number of amides is 1. The molecule has 0 fully saturated rings. The Kier molecular flexibility index (Phi) is 5.93. The number of fused-ring (bicyclic) bond motifs is 1. The third-order valence-corrected chi connectivity index (χ3v) is 5.07. The average molecular weight is 426 g/mol. The van der Waals surface area contributed by atoms with Crippen LogP contribution in [0.1, 0.15) is 30.9 Å². The molecule has 1 amide bonds. The standard InChI is InChI=1S/C20H19ClF3N3O2/c1-11(2)16(28)9-17-25-15-7-8-27(19(29)20(22,23)24)10-13(15)18(26-17)12-5-3-4-6-14(12)21/h3-6,11H,7-10H2,1-2H3. The average Bonchev–Trinajstić information content (AvgIpc) is 2.66. The molecule has 1 aliphatic heterocycles. The fourth-order valence-corrected chi connectivity index (χ4v) is 3.36. The fourth-order valence-electron chi connectivity index (χ4n) is 3.13. The molecule has 0 radical (unpaired) electrons. The van der Waals surface area contributed by atoms with Crippen molar-refractivity contribution in [3.05, 3.63) is 46.4 Å². The first-order chi connectivity index (χ1) is 13.6. The highest BCUT2D eigenvalue weighted by atomic mass is 35.5. The highest BCUT2D eigenvalue weighted by Crippen LogP contribution is 2.34. The SMILES string of the molecule is CC(C)C(=O)Cc1nc2c(c(-c3ccccc3Cl)n1)CN(C(=O)C(F)(F)F)CC2. The van der Waals surface area contributed by atoms with Crippen molar-refractivity contribution >= 4 is 23.3 Å². The number of carbonyl (C=O) groups is 2. The lowest BCUT2D eigenvalue weighted by Gasteiger charge is -2.30. The summed E-state index contributed by atoms with van der Waals surface area (Å²) in [5, 5.41) is 0.369. The molecule has 2 heterocycles. The van der Waals surface area contributed by atoms with Gasteiger partial charge in [-0.05, 0) is 6.07 Å². The first-order valence-corrected chi connectivity index (χ1v) is 9.48. The smallest absolute Gasteiger partial charge is 0.330 e. The van der Waals surface area contributed by atoms with Crippen molar-refractivity contribution in [2.75, 3.05) is 6.54 Å². The molecule has 154 valence electrons. The molecule has 29 heavy (non-hydrogen) atoms. The third-order valence-electron chi connectivity index (χ3n) is 4.74. The monoisotopic (exact) mass is 425 g/mol. The molecule has 0 N–H and O–H groups in total. The molecule has 0 saturated heterocycles. The molecular formula is C20H19ClF3N3O2. The van der Waals surface area contributed by atoms with Crippen LogP contribution in [0.15, 0.2) is 24.3 Å². The van der Waals surface area contributed by atoms with Crippen LogP contribution in [0.4, 0.5) is 13.2 Å². The van der Waals surface area contributed by atoms with Gasteiger partial charge < -0.3 is 4.90 Å². The highest BCUT2D eigenvalue weighted by Gasteiger charge is 2.43. The summed E-state index contributed by atoms with van der Waals surface area (Å²) in [6.45, 7) is 3.17. The molecule has 1 aliphatic rings. The first kappa shape index (κ1) is 21.2. The third kappa shape index (κ3) is 4.58. The number of nitrogens with zero attached hydrogens (tertiary/aromatic N) is 3. The van der Waals surface area contributed by atoms with Gasteiger partial charge in [-0.15, -0.1) is 0 Å². The summed E-state index contributed by atoms with van der Waals surface area (Å²) in [7, 11) is 0.